The quantitative estimate of drug-likeness (QED) is 0.172. The van der Waals surface area contributed by atoms with E-state index >= 15 is 0 Å². The fraction of sp³-hybridized carbons (Fsp3) is 0.452. The van der Waals surface area contributed by atoms with Gasteiger partial charge in [0, 0.05) is 24.7 Å². The van der Waals surface area contributed by atoms with Crippen LogP contribution in [0.15, 0.2) is 49.2 Å². The number of hydrogen-bond acceptors (Lipinski definition) is 10. The zero-order valence-corrected chi connectivity index (χ0v) is 28.0. The van der Waals surface area contributed by atoms with E-state index in [0.717, 1.165) is 28.0 Å². The number of methoxy groups -OCH3 is 1. The number of benzene rings is 1. The molecule has 3 heterocycles. The first-order valence-electron chi connectivity index (χ1n) is 14.6. The molecule has 0 saturated heterocycles. The number of nitrogens with zero attached hydrogens (tertiary/aromatic N) is 5. The molecule has 2 N–H and O–H groups in total. The van der Waals surface area contributed by atoms with E-state index in [-0.39, 0.29) is 24.3 Å². The van der Waals surface area contributed by atoms with E-state index in [1.807, 2.05) is 35.1 Å². The fourth-order valence-electron chi connectivity index (χ4n) is 4.23. The highest BCUT2D eigenvalue weighted by molar-refractivity contribution is 6.74. The van der Waals surface area contributed by atoms with E-state index in [1.54, 1.807) is 19.5 Å². The number of ether oxygens (including phenoxy) is 3. The molecule has 0 fully saturated rings. The third kappa shape index (κ3) is 7.83. The van der Waals surface area contributed by atoms with Gasteiger partial charge < -0.3 is 29.3 Å². The van der Waals surface area contributed by atoms with Gasteiger partial charge in [0.25, 0.3) is 0 Å². The number of hydrogen-bond donors (Lipinski definition) is 2. The van der Waals surface area contributed by atoms with Gasteiger partial charge in [-0.3, -0.25) is 0 Å². The molecule has 0 aliphatic carbocycles. The standard InChI is InChI=1S/C31H43N7O5Si/c1-20(2)38-29-26(16-35-38)28(36-22-14-33-19-34-15-22)13-27(37-29)21-10-23(40-7)12-24(11-21)41-17-25(18-42-30(39)32-6)43-44(8,9)31(3,4)5/h10-16,19-20,25H,17-18H2,1-9H3,(H,32,39)(H,36,37). The van der Waals surface area contributed by atoms with Gasteiger partial charge in [-0.2, -0.15) is 5.10 Å². The molecule has 0 aliphatic rings. The molecule has 4 aromatic rings. The van der Waals surface area contributed by atoms with Gasteiger partial charge in [-0.05, 0) is 50.2 Å². The smallest absolute Gasteiger partial charge is 0.406 e. The largest absolute Gasteiger partial charge is 0.497 e. The Labute approximate surface area is 259 Å². The molecule has 13 heteroatoms. The van der Waals surface area contributed by atoms with Crippen molar-refractivity contribution >= 4 is 36.8 Å². The van der Waals surface area contributed by atoms with Gasteiger partial charge in [-0.1, -0.05) is 20.8 Å². The van der Waals surface area contributed by atoms with Gasteiger partial charge in [0.2, 0.25) is 0 Å². The van der Waals surface area contributed by atoms with Crippen LogP contribution in [0, 0.1) is 0 Å². The lowest BCUT2D eigenvalue weighted by Crippen LogP contribution is -2.47. The van der Waals surface area contributed by atoms with E-state index in [0.29, 0.717) is 17.2 Å². The van der Waals surface area contributed by atoms with Gasteiger partial charge in [0.05, 0.1) is 48.2 Å². The maximum Gasteiger partial charge on any atom is 0.406 e. The van der Waals surface area contributed by atoms with E-state index < -0.39 is 20.5 Å². The monoisotopic (exact) mass is 621 g/mol. The number of nitrogens with one attached hydrogen (secondary N) is 2. The number of aromatic nitrogens is 5. The third-order valence-corrected chi connectivity index (χ3v) is 12.1. The first-order chi connectivity index (χ1) is 20.8. The highest BCUT2D eigenvalue weighted by Crippen LogP contribution is 2.38. The van der Waals surface area contributed by atoms with Gasteiger partial charge in [0.15, 0.2) is 14.0 Å². The summed E-state index contributed by atoms with van der Waals surface area (Å²) in [5, 5.41) is 11.3. The second-order valence-corrected chi connectivity index (χ2v) is 17.0. The predicted molar refractivity (Wildman–Crippen MR) is 173 cm³/mol. The zero-order valence-electron chi connectivity index (χ0n) is 27.0. The van der Waals surface area contributed by atoms with Crippen molar-refractivity contribution in [2.75, 3.05) is 32.7 Å². The fourth-order valence-corrected chi connectivity index (χ4v) is 5.55. The summed E-state index contributed by atoms with van der Waals surface area (Å²) in [7, 11) is 0.937. The van der Waals surface area contributed by atoms with E-state index in [1.165, 1.54) is 13.4 Å². The Hall–Kier alpha value is -4.23. The van der Waals surface area contributed by atoms with E-state index in [9.17, 15) is 4.79 Å². The lowest BCUT2D eigenvalue weighted by atomic mass is 10.1. The van der Waals surface area contributed by atoms with Gasteiger partial charge in [0.1, 0.15) is 37.1 Å². The van der Waals surface area contributed by atoms with Crippen LogP contribution in [0.4, 0.5) is 16.2 Å². The molecule has 1 atom stereocenters. The molecule has 1 aromatic carbocycles. The number of amides is 1. The first kappa shape index (κ1) is 32.7. The number of alkyl carbamates (subject to hydrolysis) is 1. The van der Waals surface area contributed by atoms with Crippen LogP contribution in [0.5, 0.6) is 11.5 Å². The van der Waals surface area contributed by atoms with Crippen molar-refractivity contribution in [3.05, 3.63) is 49.2 Å². The summed E-state index contributed by atoms with van der Waals surface area (Å²) in [4.78, 5) is 25.1. The Morgan fingerprint density at radius 1 is 1.02 bits per heavy atom. The lowest BCUT2D eigenvalue weighted by molar-refractivity contribution is 0.0463. The van der Waals surface area contributed by atoms with Gasteiger partial charge >= 0.3 is 6.09 Å². The zero-order chi connectivity index (χ0) is 32.1. The predicted octanol–water partition coefficient (Wildman–Crippen LogP) is 6.35. The minimum Gasteiger partial charge on any atom is -0.497 e. The topological polar surface area (TPSA) is 135 Å². The summed E-state index contributed by atoms with van der Waals surface area (Å²) in [5.41, 5.74) is 3.76. The normalized spacial score (nSPS) is 12.7. The summed E-state index contributed by atoms with van der Waals surface area (Å²) in [6, 6.07) is 7.68. The van der Waals surface area contributed by atoms with Crippen molar-refractivity contribution < 1.29 is 23.4 Å². The Bertz CT molecular complexity index is 1570. The molecule has 0 aliphatic heterocycles. The first-order valence-corrected chi connectivity index (χ1v) is 17.5. The van der Waals surface area contributed by atoms with Crippen LogP contribution in [-0.2, 0) is 9.16 Å². The molecule has 3 aromatic heterocycles. The molecule has 1 unspecified atom stereocenters. The minimum atomic E-state index is -2.19. The summed E-state index contributed by atoms with van der Waals surface area (Å²) in [5.74, 6) is 1.17. The Morgan fingerprint density at radius 2 is 1.73 bits per heavy atom. The number of anilines is 2. The number of pyridine rings is 1. The maximum atomic E-state index is 11.9. The molecule has 0 spiro atoms. The van der Waals surface area contributed by atoms with Crippen molar-refractivity contribution in [1.29, 1.82) is 0 Å². The maximum absolute atomic E-state index is 11.9. The van der Waals surface area contributed by atoms with Crippen molar-refractivity contribution in [1.82, 2.24) is 30.0 Å². The number of fused-ring (bicyclic) bond motifs is 1. The Morgan fingerprint density at radius 3 is 2.36 bits per heavy atom. The van der Waals surface area contributed by atoms with Crippen LogP contribution >= 0.6 is 0 Å². The molecule has 0 saturated carbocycles. The van der Waals surface area contributed by atoms with Crippen molar-refractivity contribution in [3.63, 3.8) is 0 Å². The third-order valence-electron chi connectivity index (χ3n) is 7.61. The van der Waals surface area contributed by atoms with Gasteiger partial charge in [-0.15, -0.1) is 0 Å². The van der Waals surface area contributed by atoms with Crippen LogP contribution < -0.4 is 20.1 Å². The number of carbonyl (C=O) groups is 1. The number of carbonyl (C=O) groups excluding carboxylic acids is 1. The molecule has 4 rings (SSSR count). The summed E-state index contributed by atoms with van der Waals surface area (Å²) >= 11 is 0. The summed E-state index contributed by atoms with van der Waals surface area (Å²) in [6.07, 6.45) is 5.72. The molecule has 0 bridgehead atoms. The average molecular weight is 622 g/mol. The lowest BCUT2D eigenvalue weighted by Gasteiger charge is -2.39. The van der Waals surface area contributed by atoms with Crippen molar-refractivity contribution in [2.45, 2.75) is 64.9 Å². The van der Waals surface area contributed by atoms with E-state index in [2.05, 4.69) is 73.4 Å². The second kappa shape index (κ2) is 13.6. The molecule has 12 nitrogen and oxygen atoms in total. The highest BCUT2D eigenvalue weighted by atomic mass is 28.4. The molecule has 236 valence electrons. The average Bonchev–Trinajstić information content (AvgIpc) is 3.43. The molecule has 0 radical (unpaired) electrons. The molecular formula is C31H43N7O5Si. The summed E-state index contributed by atoms with van der Waals surface area (Å²) in [6.45, 7) is 15.1. The second-order valence-electron chi connectivity index (χ2n) is 12.3. The molecule has 44 heavy (non-hydrogen) atoms. The van der Waals surface area contributed by atoms with Gasteiger partial charge in [-0.25, -0.2) is 24.4 Å². The van der Waals surface area contributed by atoms with Crippen LogP contribution in [0.25, 0.3) is 22.3 Å². The van der Waals surface area contributed by atoms with Crippen molar-refractivity contribution in [3.8, 4) is 22.8 Å². The minimum absolute atomic E-state index is 0.0359. The SMILES string of the molecule is CNC(=O)OCC(COc1cc(OC)cc(-c2cc(Nc3cncnc3)c3cnn(C(C)C)c3n2)c1)O[Si](C)(C)C(C)(C)C. The van der Waals surface area contributed by atoms with Crippen LogP contribution in [0.3, 0.4) is 0 Å². The van der Waals surface area contributed by atoms with Crippen LogP contribution in [0.2, 0.25) is 18.1 Å². The molecule has 1 amide bonds. The summed E-state index contributed by atoms with van der Waals surface area (Å²) < 4.78 is 25.8. The van der Waals surface area contributed by atoms with Crippen molar-refractivity contribution in [2.24, 2.45) is 0 Å². The van der Waals surface area contributed by atoms with Crippen LogP contribution in [-0.4, -0.2) is 72.6 Å². The van der Waals surface area contributed by atoms with E-state index in [4.69, 9.17) is 23.6 Å². The Balaban J connectivity index is 1.69. The molecular weight excluding hydrogens is 578 g/mol. The number of rotatable bonds is 12. The Kier molecular flexibility index (Phi) is 10.1. The highest BCUT2D eigenvalue weighted by Gasteiger charge is 2.39. The van der Waals surface area contributed by atoms with Crippen LogP contribution in [0.1, 0.15) is 40.7 Å².